The fourth-order valence-corrected chi connectivity index (χ4v) is 1.60. The van der Waals surface area contributed by atoms with Gasteiger partial charge in [0.25, 0.3) is 0 Å². The molecule has 18 heavy (non-hydrogen) atoms. The molecule has 0 aliphatic carbocycles. The first-order chi connectivity index (χ1) is 8.58. The van der Waals surface area contributed by atoms with Crippen molar-refractivity contribution < 1.29 is 14.3 Å². The molecule has 0 bridgehead atoms. The predicted octanol–water partition coefficient (Wildman–Crippen LogP) is 2.41. The Morgan fingerprint density at radius 1 is 1.50 bits per heavy atom. The quantitative estimate of drug-likeness (QED) is 0.787. The first-order valence-electron chi connectivity index (χ1n) is 6.17. The number of pyridine rings is 1. The van der Waals surface area contributed by atoms with Gasteiger partial charge in [0, 0.05) is 0 Å². The fraction of sp³-hybridized carbons (Fsp3) is 0.538. The maximum absolute atomic E-state index is 11.8. The van der Waals surface area contributed by atoms with E-state index < -0.39 is 5.97 Å². The number of carbonyl (C=O) groups is 1. The number of nitrogens with two attached hydrogens (primary N) is 1. The molecule has 1 aromatic heterocycles. The number of nitrogens with zero attached hydrogens (tertiary/aromatic N) is 1. The average molecular weight is 252 g/mol. The van der Waals surface area contributed by atoms with Gasteiger partial charge in [-0.25, -0.2) is 9.78 Å². The Bertz CT molecular complexity index is 407. The molecule has 0 radical (unpaired) electrons. The zero-order valence-corrected chi connectivity index (χ0v) is 11.1. The fourth-order valence-electron chi connectivity index (χ4n) is 1.60. The van der Waals surface area contributed by atoms with Crippen LogP contribution in [0.3, 0.4) is 0 Å². The molecule has 1 atom stereocenters. The zero-order valence-electron chi connectivity index (χ0n) is 11.1. The normalized spacial score (nSPS) is 11.9. The second-order valence-electron chi connectivity index (χ2n) is 4.04. The van der Waals surface area contributed by atoms with Gasteiger partial charge in [0.05, 0.1) is 18.9 Å². The van der Waals surface area contributed by atoms with E-state index in [0.717, 1.165) is 12.8 Å². The number of rotatable bonds is 6. The maximum Gasteiger partial charge on any atom is 0.342 e. The molecule has 0 spiro atoms. The van der Waals surface area contributed by atoms with Gasteiger partial charge in [0.15, 0.2) is 5.75 Å². The monoisotopic (exact) mass is 252 g/mol. The van der Waals surface area contributed by atoms with Crippen molar-refractivity contribution in [2.75, 3.05) is 12.3 Å². The van der Waals surface area contributed by atoms with Crippen molar-refractivity contribution in [2.24, 2.45) is 0 Å². The van der Waals surface area contributed by atoms with Crippen molar-refractivity contribution >= 4 is 11.8 Å². The van der Waals surface area contributed by atoms with Crippen LogP contribution in [-0.2, 0) is 4.74 Å². The largest absolute Gasteiger partial charge is 0.488 e. The molecule has 0 aromatic carbocycles. The highest BCUT2D eigenvalue weighted by Gasteiger charge is 2.16. The molecule has 0 amide bonds. The Balaban J connectivity index is 2.92. The summed E-state index contributed by atoms with van der Waals surface area (Å²) in [5, 5.41) is 0. The summed E-state index contributed by atoms with van der Waals surface area (Å²) in [4.78, 5) is 15.7. The Labute approximate surface area is 107 Å². The van der Waals surface area contributed by atoms with Crippen molar-refractivity contribution in [3.8, 4) is 5.75 Å². The van der Waals surface area contributed by atoms with Crippen molar-refractivity contribution in [3.05, 3.63) is 17.8 Å². The van der Waals surface area contributed by atoms with Gasteiger partial charge in [-0.2, -0.15) is 0 Å². The molecule has 0 saturated carbocycles. The van der Waals surface area contributed by atoms with Crippen LogP contribution < -0.4 is 10.5 Å². The van der Waals surface area contributed by atoms with Gasteiger partial charge in [-0.3, -0.25) is 0 Å². The minimum absolute atomic E-state index is 0.0219. The number of nitrogen functional groups attached to an aromatic ring is 1. The summed E-state index contributed by atoms with van der Waals surface area (Å²) in [6.45, 7) is 6.09. The zero-order chi connectivity index (χ0) is 13.5. The molecule has 0 fully saturated rings. The highest BCUT2D eigenvalue weighted by molar-refractivity contribution is 5.93. The van der Waals surface area contributed by atoms with E-state index in [1.54, 1.807) is 6.92 Å². The summed E-state index contributed by atoms with van der Waals surface area (Å²) >= 11 is 0. The minimum atomic E-state index is -0.440. The molecule has 1 aromatic rings. The number of esters is 1. The third kappa shape index (κ3) is 3.91. The molecule has 1 unspecified atom stereocenters. The summed E-state index contributed by atoms with van der Waals surface area (Å²) in [5.41, 5.74) is 5.90. The van der Waals surface area contributed by atoms with Crippen molar-refractivity contribution in [1.29, 1.82) is 0 Å². The van der Waals surface area contributed by atoms with Gasteiger partial charge >= 0.3 is 5.97 Å². The van der Waals surface area contributed by atoms with E-state index in [2.05, 4.69) is 11.9 Å². The van der Waals surface area contributed by atoms with Gasteiger partial charge < -0.3 is 15.2 Å². The van der Waals surface area contributed by atoms with Crippen LogP contribution in [0.15, 0.2) is 12.3 Å². The van der Waals surface area contributed by atoms with Crippen LogP contribution in [0.25, 0.3) is 0 Å². The number of ether oxygens (including phenoxy) is 2. The van der Waals surface area contributed by atoms with Gasteiger partial charge in [-0.15, -0.1) is 0 Å². The van der Waals surface area contributed by atoms with E-state index in [1.807, 2.05) is 6.92 Å². The third-order valence-corrected chi connectivity index (χ3v) is 2.41. The van der Waals surface area contributed by atoms with Gasteiger partial charge in [-0.1, -0.05) is 13.3 Å². The lowest BCUT2D eigenvalue weighted by molar-refractivity contribution is 0.0519. The summed E-state index contributed by atoms with van der Waals surface area (Å²) in [6, 6.07) is 1.48. The van der Waals surface area contributed by atoms with E-state index in [9.17, 15) is 4.79 Å². The van der Waals surface area contributed by atoms with Crippen LogP contribution in [-0.4, -0.2) is 23.7 Å². The molecule has 1 heterocycles. The molecular formula is C13H20N2O3. The molecule has 1 rings (SSSR count). The molecule has 0 aliphatic rings. The predicted molar refractivity (Wildman–Crippen MR) is 69.6 cm³/mol. The smallest absolute Gasteiger partial charge is 0.342 e. The van der Waals surface area contributed by atoms with Crippen LogP contribution in [0.5, 0.6) is 5.75 Å². The van der Waals surface area contributed by atoms with Crippen LogP contribution in [0.1, 0.15) is 44.0 Å². The standard InChI is InChI=1S/C13H20N2O3/c1-4-6-9(3)18-11-8-15-12(14)7-10(11)13(16)17-5-2/h7-9H,4-6H2,1-3H3,(H2,14,15). The highest BCUT2D eigenvalue weighted by atomic mass is 16.5. The van der Waals surface area contributed by atoms with Crippen molar-refractivity contribution in [1.82, 2.24) is 4.98 Å². The lowest BCUT2D eigenvalue weighted by Gasteiger charge is -2.16. The summed E-state index contributed by atoms with van der Waals surface area (Å²) in [6.07, 6.45) is 3.41. The van der Waals surface area contributed by atoms with Gasteiger partial charge in [0.2, 0.25) is 0 Å². The van der Waals surface area contributed by atoms with E-state index >= 15 is 0 Å². The molecule has 0 aliphatic heterocycles. The molecular weight excluding hydrogens is 232 g/mol. The topological polar surface area (TPSA) is 74.4 Å². The van der Waals surface area contributed by atoms with Crippen molar-refractivity contribution in [2.45, 2.75) is 39.7 Å². The maximum atomic E-state index is 11.8. The number of carbonyl (C=O) groups excluding carboxylic acids is 1. The van der Waals surface area contributed by atoms with Gasteiger partial charge in [0.1, 0.15) is 11.4 Å². The van der Waals surface area contributed by atoms with Gasteiger partial charge in [-0.05, 0) is 26.3 Å². The Kier molecular flexibility index (Phi) is 5.42. The average Bonchev–Trinajstić information content (AvgIpc) is 2.32. The van der Waals surface area contributed by atoms with E-state index in [-0.39, 0.29) is 11.9 Å². The Morgan fingerprint density at radius 2 is 2.22 bits per heavy atom. The molecule has 0 saturated heterocycles. The summed E-state index contributed by atoms with van der Waals surface area (Å²) < 4.78 is 10.7. The SMILES string of the molecule is CCCC(C)Oc1cnc(N)cc1C(=O)OCC. The minimum Gasteiger partial charge on any atom is -0.488 e. The second kappa shape index (κ2) is 6.83. The first-order valence-corrected chi connectivity index (χ1v) is 6.17. The van der Waals surface area contributed by atoms with Crippen LogP contribution in [0, 0.1) is 0 Å². The van der Waals surface area contributed by atoms with Crippen LogP contribution >= 0.6 is 0 Å². The summed E-state index contributed by atoms with van der Waals surface area (Å²) in [7, 11) is 0. The van der Waals surface area contributed by atoms with Crippen molar-refractivity contribution in [3.63, 3.8) is 0 Å². The number of anilines is 1. The lowest BCUT2D eigenvalue weighted by atomic mass is 10.2. The molecule has 100 valence electrons. The Hall–Kier alpha value is -1.78. The third-order valence-electron chi connectivity index (χ3n) is 2.41. The molecule has 5 heteroatoms. The lowest BCUT2D eigenvalue weighted by Crippen LogP contribution is -2.15. The second-order valence-corrected chi connectivity index (χ2v) is 4.04. The van der Waals surface area contributed by atoms with E-state index in [1.165, 1.54) is 12.3 Å². The van der Waals surface area contributed by atoms with E-state index in [0.29, 0.717) is 17.9 Å². The van der Waals surface area contributed by atoms with E-state index in [4.69, 9.17) is 15.2 Å². The van der Waals surface area contributed by atoms with Crippen LogP contribution in [0.4, 0.5) is 5.82 Å². The van der Waals surface area contributed by atoms with Crippen LogP contribution in [0.2, 0.25) is 0 Å². The number of aromatic nitrogens is 1. The first kappa shape index (κ1) is 14.3. The molecule has 5 nitrogen and oxygen atoms in total. The summed E-state index contributed by atoms with van der Waals surface area (Å²) in [5.74, 6) is 0.252. The molecule has 2 N–H and O–H groups in total. The highest BCUT2D eigenvalue weighted by Crippen LogP contribution is 2.22. The number of hydrogen-bond acceptors (Lipinski definition) is 5. The number of hydrogen-bond donors (Lipinski definition) is 1. The Morgan fingerprint density at radius 3 is 2.83 bits per heavy atom.